The summed E-state index contributed by atoms with van der Waals surface area (Å²) in [5.74, 6) is 0.371. The number of rotatable bonds is 3. The summed E-state index contributed by atoms with van der Waals surface area (Å²) in [4.78, 5) is 10.1. The Morgan fingerprint density at radius 1 is 1.13 bits per heavy atom. The van der Waals surface area contributed by atoms with E-state index >= 15 is 0 Å². The van der Waals surface area contributed by atoms with E-state index in [1.807, 2.05) is 30.3 Å². The van der Waals surface area contributed by atoms with Crippen LogP contribution >= 0.6 is 0 Å². The van der Waals surface area contributed by atoms with Crippen LogP contribution in [-0.4, -0.2) is 27.2 Å². The number of hydrogen-bond acceptors (Lipinski definition) is 4. The van der Waals surface area contributed by atoms with Gasteiger partial charge in [0.25, 0.3) is 0 Å². The monoisotopic (exact) mass is 324 g/mol. The third kappa shape index (κ3) is 3.98. The van der Waals surface area contributed by atoms with E-state index in [9.17, 15) is 13.2 Å². The zero-order chi connectivity index (χ0) is 16.9. The number of anilines is 1. The second kappa shape index (κ2) is 7.10. The average molecular weight is 324 g/mol. The van der Waals surface area contributed by atoms with Crippen molar-refractivity contribution < 1.29 is 18.3 Å². The first-order valence-corrected chi connectivity index (χ1v) is 6.67. The molecule has 0 fully saturated rings. The van der Waals surface area contributed by atoms with Crippen molar-refractivity contribution in [2.24, 2.45) is 0 Å². The van der Waals surface area contributed by atoms with E-state index < -0.39 is 11.9 Å². The second-order valence-corrected chi connectivity index (χ2v) is 4.50. The molecular formula is C15H15F3N4O. The van der Waals surface area contributed by atoms with Crippen LogP contribution in [0.4, 0.5) is 19.0 Å². The molecule has 0 bridgehead atoms. The number of aromatic nitrogens is 3. The minimum absolute atomic E-state index is 0.160. The number of nitrogens with one attached hydrogen (secondary N) is 2. The van der Waals surface area contributed by atoms with Crippen molar-refractivity contribution in [1.82, 2.24) is 15.0 Å². The number of fused-ring (bicyclic) bond motifs is 1. The molecule has 0 radical (unpaired) electrons. The Balaban J connectivity index is 0.000000924. The van der Waals surface area contributed by atoms with E-state index in [1.54, 1.807) is 0 Å². The van der Waals surface area contributed by atoms with E-state index in [0.29, 0.717) is 17.7 Å². The number of alkyl halides is 3. The fourth-order valence-electron chi connectivity index (χ4n) is 2.02. The predicted octanol–water partition coefficient (Wildman–Crippen LogP) is 3.20. The lowest BCUT2D eigenvalue weighted by Gasteiger charge is -2.06. The molecule has 3 aromatic rings. The van der Waals surface area contributed by atoms with Crippen LogP contribution in [0.5, 0.6) is 0 Å². The van der Waals surface area contributed by atoms with E-state index in [-0.39, 0.29) is 5.65 Å². The van der Waals surface area contributed by atoms with Crippen LogP contribution in [0.3, 0.4) is 0 Å². The highest BCUT2D eigenvalue weighted by Crippen LogP contribution is 2.32. The Morgan fingerprint density at radius 2 is 1.83 bits per heavy atom. The normalized spacial score (nSPS) is 11.0. The van der Waals surface area contributed by atoms with Crippen LogP contribution in [0.1, 0.15) is 11.3 Å². The van der Waals surface area contributed by atoms with Crippen LogP contribution in [0, 0.1) is 0 Å². The third-order valence-electron chi connectivity index (χ3n) is 3.03. The molecule has 0 unspecified atom stereocenters. The smallest absolute Gasteiger partial charge is 0.400 e. The van der Waals surface area contributed by atoms with Crippen molar-refractivity contribution >= 4 is 16.9 Å². The fourth-order valence-corrected chi connectivity index (χ4v) is 2.02. The Bertz CT molecular complexity index is 756. The van der Waals surface area contributed by atoms with Crippen molar-refractivity contribution in [3.63, 3.8) is 0 Å². The maximum atomic E-state index is 12.7. The van der Waals surface area contributed by atoms with Gasteiger partial charge in [-0.15, -0.1) is 0 Å². The van der Waals surface area contributed by atoms with Crippen molar-refractivity contribution in [2.75, 3.05) is 12.4 Å². The average Bonchev–Trinajstić information content (AvgIpc) is 3.01. The molecule has 5 nitrogen and oxygen atoms in total. The van der Waals surface area contributed by atoms with E-state index in [0.717, 1.165) is 18.7 Å². The van der Waals surface area contributed by atoms with Crippen LogP contribution in [0.2, 0.25) is 0 Å². The molecule has 2 heterocycles. The zero-order valence-electron chi connectivity index (χ0n) is 12.2. The standard InChI is InChI=1S/C14H11F3N4.CH4O/c15-14(16,17)11-6-10-12(19-8-20-13(10)21-11)18-7-9-4-2-1-3-5-9;1-2/h1-6,8H,7H2,(H2,18,19,20,21);2H,1H3. The topological polar surface area (TPSA) is 73.8 Å². The number of nitrogens with zero attached hydrogens (tertiary/aromatic N) is 2. The molecule has 0 aliphatic carbocycles. The lowest BCUT2D eigenvalue weighted by molar-refractivity contribution is -0.140. The van der Waals surface area contributed by atoms with Gasteiger partial charge in [0.15, 0.2) is 0 Å². The quantitative estimate of drug-likeness (QED) is 0.692. The molecule has 3 N–H and O–H groups in total. The molecule has 23 heavy (non-hydrogen) atoms. The Kier molecular flexibility index (Phi) is 5.17. The Hall–Kier alpha value is -2.61. The Morgan fingerprint density at radius 3 is 2.48 bits per heavy atom. The molecule has 0 saturated heterocycles. The van der Waals surface area contributed by atoms with Crippen LogP contribution in [-0.2, 0) is 12.7 Å². The fraction of sp³-hybridized carbons (Fsp3) is 0.200. The van der Waals surface area contributed by atoms with Crippen molar-refractivity contribution in [3.05, 3.63) is 54.0 Å². The van der Waals surface area contributed by atoms with Gasteiger partial charge in [-0.2, -0.15) is 13.2 Å². The number of halogens is 3. The molecule has 2 aromatic heterocycles. The minimum atomic E-state index is -4.43. The summed E-state index contributed by atoms with van der Waals surface area (Å²) < 4.78 is 38.1. The van der Waals surface area contributed by atoms with Gasteiger partial charge in [0.1, 0.15) is 23.5 Å². The summed E-state index contributed by atoms with van der Waals surface area (Å²) >= 11 is 0. The van der Waals surface area contributed by atoms with Crippen LogP contribution in [0.25, 0.3) is 11.0 Å². The highest BCUT2D eigenvalue weighted by molar-refractivity contribution is 5.87. The highest BCUT2D eigenvalue weighted by atomic mass is 19.4. The van der Waals surface area contributed by atoms with Gasteiger partial charge in [-0.05, 0) is 11.6 Å². The van der Waals surface area contributed by atoms with Gasteiger partial charge in [-0.3, -0.25) is 0 Å². The molecule has 0 amide bonds. The number of H-pyrrole nitrogens is 1. The first-order valence-electron chi connectivity index (χ1n) is 6.67. The summed E-state index contributed by atoms with van der Waals surface area (Å²) in [5.41, 5.74) is 0.337. The summed E-state index contributed by atoms with van der Waals surface area (Å²) in [6, 6.07) is 10.5. The van der Waals surface area contributed by atoms with Crippen molar-refractivity contribution in [2.45, 2.75) is 12.7 Å². The largest absolute Gasteiger partial charge is 0.431 e. The van der Waals surface area contributed by atoms with Gasteiger partial charge in [0.2, 0.25) is 0 Å². The maximum Gasteiger partial charge on any atom is 0.431 e. The molecule has 8 heteroatoms. The first kappa shape index (κ1) is 16.8. The lowest BCUT2D eigenvalue weighted by Crippen LogP contribution is -2.04. The summed E-state index contributed by atoms with van der Waals surface area (Å²) in [6.07, 6.45) is -3.20. The number of aliphatic hydroxyl groups is 1. The van der Waals surface area contributed by atoms with Crippen molar-refractivity contribution in [1.29, 1.82) is 0 Å². The predicted molar refractivity (Wildman–Crippen MR) is 80.8 cm³/mol. The van der Waals surface area contributed by atoms with Gasteiger partial charge in [0, 0.05) is 13.7 Å². The second-order valence-electron chi connectivity index (χ2n) is 4.50. The molecule has 0 aliphatic heterocycles. The Labute approximate surface area is 130 Å². The summed E-state index contributed by atoms with van der Waals surface area (Å²) in [6.45, 7) is 0.472. The lowest BCUT2D eigenvalue weighted by atomic mass is 10.2. The van der Waals surface area contributed by atoms with Gasteiger partial charge in [-0.25, -0.2) is 9.97 Å². The molecular weight excluding hydrogens is 309 g/mol. The van der Waals surface area contributed by atoms with Crippen molar-refractivity contribution in [3.8, 4) is 0 Å². The van der Waals surface area contributed by atoms with Crippen LogP contribution in [0.15, 0.2) is 42.7 Å². The molecule has 0 aliphatic rings. The molecule has 3 rings (SSSR count). The summed E-state index contributed by atoms with van der Waals surface area (Å²) in [5, 5.41) is 10.4. The number of aliphatic hydroxyl groups excluding tert-OH is 1. The number of hydrogen-bond donors (Lipinski definition) is 3. The third-order valence-corrected chi connectivity index (χ3v) is 3.03. The van der Waals surface area contributed by atoms with Gasteiger partial charge in [0.05, 0.1) is 5.39 Å². The molecule has 122 valence electrons. The molecule has 0 atom stereocenters. The van der Waals surface area contributed by atoms with Gasteiger partial charge in [-0.1, -0.05) is 30.3 Å². The number of aromatic amines is 1. The highest BCUT2D eigenvalue weighted by Gasteiger charge is 2.33. The van der Waals surface area contributed by atoms with Gasteiger partial charge >= 0.3 is 6.18 Å². The zero-order valence-corrected chi connectivity index (χ0v) is 12.2. The van der Waals surface area contributed by atoms with E-state index in [2.05, 4.69) is 20.3 Å². The molecule has 0 spiro atoms. The maximum absolute atomic E-state index is 12.7. The number of benzene rings is 1. The van der Waals surface area contributed by atoms with E-state index in [4.69, 9.17) is 5.11 Å². The van der Waals surface area contributed by atoms with Gasteiger partial charge < -0.3 is 15.4 Å². The first-order chi connectivity index (χ1) is 11.0. The minimum Gasteiger partial charge on any atom is -0.400 e. The van der Waals surface area contributed by atoms with E-state index in [1.165, 1.54) is 6.33 Å². The molecule has 1 aromatic carbocycles. The molecule has 0 saturated carbocycles. The SMILES string of the molecule is CO.FC(F)(F)c1cc2c(NCc3ccccc3)ncnc2[nH]1. The summed E-state index contributed by atoms with van der Waals surface area (Å²) in [7, 11) is 1.00. The van der Waals surface area contributed by atoms with Crippen LogP contribution < -0.4 is 5.32 Å².